The fourth-order valence-electron chi connectivity index (χ4n) is 9.36. The smallest absolute Gasteiger partial charge is 0.305 e. The summed E-state index contributed by atoms with van der Waals surface area (Å²) >= 11 is 0. The molecular formula is C56H74N4O10. The highest BCUT2D eigenvalue weighted by molar-refractivity contribution is 6.53. The molecule has 2 atom stereocenters. The molecule has 4 N–H and O–H groups in total. The number of ether oxygens (including phenoxy) is 6. The average Bonchev–Trinajstić information content (AvgIpc) is 3.36. The van der Waals surface area contributed by atoms with Gasteiger partial charge in [-0.3, -0.25) is 19.4 Å². The first-order chi connectivity index (χ1) is 34.0. The standard InChI is InChI=1S/C56H74N4O10/c1-7-11-15-25-47(61)69-35-56(36-70-48(62)26-16-12-8-2)58-44-24-20-22-40-42(28-30-46(60-56)50(40)44)52-53(63)51(54(52)64)41-27-29-45-49-39(41)21-19-23-43(49)57-55(59-45,33-67-37(5)65-31-17-13-9-3)34-68-38(6)66-32-18-14-10-4/h19-24,27-30,37-38,57-58,60,63H,7-18,25-26,31-36H2,1-6H3/b51-41+. The number of carbonyl (C=O) groups is 3. The van der Waals surface area contributed by atoms with E-state index in [9.17, 15) is 19.5 Å². The van der Waals surface area contributed by atoms with E-state index < -0.39 is 23.9 Å². The zero-order valence-electron chi connectivity index (χ0n) is 42.1. The summed E-state index contributed by atoms with van der Waals surface area (Å²) in [4.78, 5) is 45.4. The van der Waals surface area contributed by atoms with Gasteiger partial charge in [-0.25, -0.2) is 0 Å². The van der Waals surface area contributed by atoms with Gasteiger partial charge in [0, 0.05) is 53.9 Å². The molecule has 2 aliphatic heterocycles. The molecule has 4 aromatic rings. The largest absolute Gasteiger partial charge is 0.506 e. The van der Waals surface area contributed by atoms with Crippen LogP contribution < -0.4 is 26.5 Å². The number of anilines is 3. The third kappa shape index (κ3) is 12.3. The second-order valence-electron chi connectivity index (χ2n) is 18.9. The normalized spacial score (nSPS) is 18.3. The molecule has 0 bridgehead atoms. The van der Waals surface area contributed by atoms with Gasteiger partial charge in [0.15, 0.2) is 23.9 Å². The zero-order chi connectivity index (χ0) is 49.7. The molecule has 1 aliphatic carbocycles. The van der Waals surface area contributed by atoms with Crippen molar-refractivity contribution < 1.29 is 47.9 Å². The van der Waals surface area contributed by atoms with E-state index >= 15 is 0 Å². The van der Waals surface area contributed by atoms with Crippen molar-refractivity contribution in [3.8, 4) is 0 Å². The van der Waals surface area contributed by atoms with E-state index in [1.807, 2.05) is 74.5 Å². The maximum Gasteiger partial charge on any atom is 0.305 e. The number of aliphatic hydroxyl groups is 1. The Morgan fingerprint density at radius 2 is 1.11 bits per heavy atom. The number of nitrogens with zero attached hydrogens (tertiary/aromatic N) is 1. The summed E-state index contributed by atoms with van der Waals surface area (Å²) in [6.45, 7) is 13.6. The summed E-state index contributed by atoms with van der Waals surface area (Å²) in [6, 6.07) is 18.9. The van der Waals surface area contributed by atoms with Crippen molar-refractivity contribution in [3.63, 3.8) is 0 Å². The Kier molecular flexibility index (Phi) is 18.3. The van der Waals surface area contributed by atoms with Crippen LogP contribution in [0.3, 0.4) is 0 Å². The number of aliphatic hydroxyl groups excluding tert-OH is 1. The molecule has 0 radical (unpaired) electrons. The maximum atomic E-state index is 14.5. The molecule has 2 heterocycles. The number of carbonyl (C=O) groups excluding carboxylic acids is 3. The number of unbranched alkanes of at least 4 members (excludes halogenated alkanes) is 8. The predicted octanol–water partition coefficient (Wildman–Crippen LogP) is 10.4. The first kappa shape index (κ1) is 52.3. The molecule has 0 aromatic heterocycles. The predicted molar refractivity (Wildman–Crippen MR) is 275 cm³/mol. The SMILES string of the molecule is CCCCCOC(C)OCC1(COC(C)OCCCCC)N=c2cc/c(=C3\C(=O)C(c4ccc5c6c(cccc46)NC(COC(=O)CCCCC)(COC(=O)CCCCC)N5)=C3O)c3cccc(c23)N1. The van der Waals surface area contributed by atoms with Crippen LogP contribution in [0.4, 0.5) is 17.1 Å². The molecular weight excluding hydrogens is 889 g/mol. The molecule has 0 fully saturated rings. The lowest BCUT2D eigenvalue weighted by Gasteiger charge is -2.40. The van der Waals surface area contributed by atoms with Crippen molar-refractivity contribution in [2.45, 2.75) is 155 Å². The third-order valence-corrected chi connectivity index (χ3v) is 13.2. The molecule has 4 aromatic carbocycles. The first-order valence-electron chi connectivity index (χ1n) is 25.8. The van der Waals surface area contributed by atoms with Crippen LogP contribution in [-0.2, 0) is 42.8 Å². The van der Waals surface area contributed by atoms with E-state index in [0.29, 0.717) is 53.6 Å². The lowest BCUT2D eigenvalue weighted by Crippen LogP contribution is -2.56. The fraction of sp³-hybridized carbons (Fsp3) is 0.536. The number of hydrogen-bond acceptors (Lipinski definition) is 14. The number of Topliss-reactive ketones (excluding diaryl/α,β-unsaturated/α-hetero) is 1. The van der Waals surface area contributed by atoms with Gasteiger partial charge >= 0.3 is 11.9 Å². The Bertz CT molecular complexity index is 2580. The van der Waals surface area contributed by atoms with E-state index in [-0.39, 0.29) is 61.1 Å². The van der Waals surface area contributed by atoms with Crippen LogP contribution in [0.15, 0.2) is 71.4 Å². The van der Waals surface area contributed by atoms with Crippen molar-refractivity contribution in [3.05, 3.63) is 82.6 Å². The lowest BCUT2D eigenvalue weighted by atomic mass is 9.79. The van der Waals surface area contributed by atoms with Gasteiger partial charge in [-0.15, -0.1) is 0 Å². The van der Waals surface area contributed by atoms with E-state index in [1.54, 1.807) is 0 Å². The van der Waals surface area contributed by atoms with E-state index in [4.69, 9.17) is 33.4 Å². The molecule has 378 valence electrons. The highest BCUT2D eigenvalue weighted by atomic mass is 16.7. The minimum absolute atomic E-state index is 0.0962. The summed E-state index contributed by atoms with van der Waals surface area (Å²) in [5.74, 6) is -1.03. The number of benzene rings is 4. The van der Waals surface area contributed by atoms with Crippen LogP contribution in [0.1, 0.15) is 137 Å². The third-order valence-electron chi connectivity index (χ3n) is 13.2. The van der Waals surface area contributed by atoms with Crippen molar-refractivity contribution in [1.82, 2.24) is 0 Å². The number of esters is 2. The minimum atomic E-state index is -1.16. The average molecular weight is 963 g/mol. The van der Waals surface area contributed by atoms with E-state index in [1.165, 1.54) is 0 Å². The Hall–Kier alpha value is -5.54. The van der Waals surface area contributed by atoms with Crippen LogP contribution >= 0.6 is 0 Å². The molecule has 7 rings (SSSR count). The summed E-state index contributed by atoms with van der Waals surface area (Å²) in [7, 11) is 0. The summed E-state index contributed by atoms with van der Waals surface area (Å²) < 4.78 is 36.2. The van der Waals surface area contributed by atoms with Gasteiger partial charge in [0.2, 0.25) is 5.78 Å². The quantitative estimate of drug-likeness (QED) is 0.0230. The summed E-state index contributed by atoms with van der Waals surface area (Å²) in [5, 5.41) is 27.0. The second kappa shape index (κ2) is 24.5. The summed E-state index contributed by atoms with van der Waals surface area (Å²) in [6.07, 6.45) is 11.2. The van der Waals surface area contributed by atoms with Gasteiger partial charge < -0.3 is 49.5 Å². The van der Waals surface area contributed by atoms with Crippen LogP contribution in [-0.4, -0.2) is 86.4 Å². The molecule has 0 saturated heterocycles. The number of nitrogens with one attached hydrogen (secondary N) is 3. The minimum Gasteiger partial charge on any atom is -0.506 e. The van der Waals surface area contributed by atoms with Gasteiger partial charge in [-0.1, -0.05) is 115 Å². The molecule has 0 saturated carbocycles. The highest BCUT2D eigenvalue weighted by Gasteiger charge is 2.41. The Balaban J connectivity index is 1.19. The number of hydrogen-bond donors (Lipinski definition) is 4. The number of ketones is 1. The van der Waals surface area contributed by atoms with Crippen molar-refractivity contribution >= 4 is 67.5 Å². The molecule has 70 heavy (non-hydrogen) atoms. The molecule has 3 aliphatic rings. The molecule has 14 heteroatoms. The molecule has 0 spiro atoms. The van der Waals surface area contributed by atoms with E-state index in [2.05, 4.69) is 43.6 Å². The highest BCUT2D eigenvalue weighted by Crippen LogP contribution is 2.45. The van der Waals surface area contributed by atoms with Crippen LogP contribution in [0.5, 0.6) is 0 Å². The van der Waals surface area contributed by atoms with Crippen LogP contribution in [0, 0.1) is 0 Å². The summed E-state index contributed by atoms with van der Waals surface area (Å²) in [5.41, 5.74) is 1.02. The van der Waals surface area contributed by atoms with Crippen LogP contribution in [0.25, 0.3) is 32.7 Å². The van der Waals surface area contributed by atoms with Gasteiger partial charge in [-0.2, -0.15) is 0 Å². The maximum absolute atomic E-state index is 14.5. The monoisotopic (exact) mass is 963 g/mol. The first-order valence-corrected chi connectivity index (χ1v) is 25.8. The van der Waals surface area contributed by atoms with Crippen LogP contribution in [0.2, 0.25) is 0 Å². The Labute approximate surface area is 412 Å². The molecule has 2 unspecified atom stereocenters. The van der Waals surface area contributed by atoms with Crippen molar-refractivity contribution in [2.75, 3.05) is 55.6 Å². The van der Waals surface area contributed by atoms with Gasteiger partial charge in [0.1, 0.15) is 19.0 Å². The Morgan fingerprint density at radius 1 is 0.586 bits per heavy atom. The molecule has 14 nitrogen and oxygen atoms in total. The lowest BCUT2D eigenvalue weighted by molar-refractivity contribution is -0.165. The second-order valence-corrected chi connectivity index (χ2v) is 18.9. The Morgan fingerprint density at radius 3 is 1.67 bits per heavy atom. The topological polar surface area (TPSA) is 175 Å². The van der Waals surface area contributed by atoms with E-state index in [0.717, 1.165) is 104 Å². The number of rotatable bonds is 29. The van der Waals surface area contributed by atoms with Gasteiger partial charge in [0.25, 0.3) is 0 Å². The molecule has 0 amide bonds. The number of allylic oxidation sites excluding steroid dienone is 2. The van der Waals surface area contributed by atoms with Gasteiger partial charge in [-0.05, 0) is 85.4 Å². The van der Waals surface area contributed by atoms with Gasteiger partial charge in [0.05, 0.1) is 29.7 Å². The van der Waals surface area contributed by atoms with Crippen molar-refractivity contribution in [1.29, 1.82) is 0 Å². The van der Waals surface area contributed by atoms with Crippen molar-refractivity contribution in [2.24, 2.45) is 4.99 Å². The zero-order valence-corrected chi connectivity index (χ0v) is 42.1. The fourth-order valence-corrected chi connectivity index (χ4v) is 9.36.